The van der Waals surface area contributed by atoms with Gasteiger partial charge < -0.3 is 15.5 Å². The highest BCUT2D eigenvalue weighted by atomic mass is 79.9. The second-order valence-electron chi connectivity index (χ2n) is 4.80. The number of amides is 1. The number of nitrogens with zero attached hydrogens (tertiary/aromatic N) is 2. The zero-order valence-electron chi connectivity index (χ0n) is 10.7. The van der Waals surface area contributed by atoms with Crippen LogP contribution in [0.15, 0.2) is 22.7 Å². The van der Waals surface area contributed by atoms with Gasteiger partial charge in [0.15, 0.2) is 0 Å². The lowest BCUT2D eigenvalue weighted by Gasteiger charge is -2.24. The van der Waals surface area contributed by atoms with Crippen molar-refractivity contribution in [3.8, 4) is 0 Å². The summed E-state index contributed by atoms with van der Waals surface area (Å²) in [4.78, 5) is 15.8. The minimum absolute atomic E-state index is 0.141. The molecule has 1 amide bonds. The summed E-state index contributed by atoms with van der Waals surface area (Å²) in [5, 5.41) is 0. The van der Waals surface area contributed by atoms with E-state index in [1.807, 2.05) is 42.1 Å². The first-order valence-electron chi connectivity index (χ1n) is 6.01. The number of nitrogens with two attached hydrogens (primary N) is 1. The summed E-state index contributed by atoms with van der Waals surface area (Å²) in [6, 6.07) is 6.15. The average molecular weight is 312 g/mol. The SMILES string of the molecule is CN(CC(=O)N(C)C1CC1)c1ccc(Br)cc1N. The molecule has 0 spiro atoms. The third-order valence-electron chi connectivity index (χ3n) is 3.26. The van der Waals surface area contributed by atoms with Crippen LogP contribution in [0.1, 0.15) is 12.8 Å². The fourth-order valence-corrected chi connectivity index (χ4v) is 2.32. The van der Waals surface area contributed by atoms with Crippen molar-refractivity contribution in [3.63, 3.8) is 0 Å². The smallest absolute Gasteiger partial charge is 0.242 e. The molecule has 1 aliphatic carbocycles. The lowest BCUT2D eigenvalue weighted by molar-refractivity contribution is -0.128. The number of likely N-dealkylation sites (N-methyl/N-ethyl adjacent to an activating group) is 2. The van der Waals surface area contributed by atoms with Crippen LogP contribution in [0.25, 0.3) is 0 Å². The lowest BCUT2D eigenvalue weighted by Crippen LogP contribution is -2.38. The van der Waals surface area contributed by atoms with Crippen LogP contribution in [-0.4, -0.2) is 37.5 Å². The number of benzene rings is 1. The van der Waals surface area contributed by atoms with Gasteiger partial charge in [-0.15, -0.1) is 0 Å². The molecule has 0 heterocycles. The van der Waals surface area contributed by atoms with Crippen molar-refractivity contribution < 1.29 is 4.79 Å². The summed E-state index contributed by atoms with van der Waals surface area (Å²) in [5.41, 5.74) is 7.51. The first kappa shape index (κ1) is 13.2. The first-order chi connectivity index (χ1) is 8.49. The molecule has 0 aromatic heterocycles. The van der Waals surface area contributed by atoms with Gasteiger partial charge in [-0.2, -0.15) is 0 Å². The fourth-order valence-electron chi connectivity index (χ4n) is 1.94. The molecule has 0 radical (unpaired) electrons. The van der Waals surface area contributed by atoms with Crippen LogP contribution < -0.4 is 10.6 Å². The molecule has 1 aliphatic rings. The number of rotatable bonds is 4. The first-order valence-corrected chi connectivity index (χ1v) is 6.80. The van der Waals surface area contributed by atoms with E-state index < -0.39 is 0 Å². The maximum atomic E-state index is 12.0. The Balaban J connectivity index is 2.02. The minimum Gasteiger partial charge on any atom is -0.397 e. The monoisotopic (exact) mass is 311 g/mol. The van der Waals surface area contributed by atoms with Crippen LogP contribution in [0.3, 0.4) is 0 Å². The lowest BCUT2D eigenvalue weighted by atomic mass is 10.2. The van der Waals surface area contributed by atoms with Crippen LogP contribution in [0, 0.1) is 0 Å². The average Bonchev–Trinajstić information content (AvgIpc) is 3.11. The highest BCUT2D eigenvalue weighted by molar-refractivity contribution is 9.10. The third kappa shape index (κ3) is 2.96. The molecule has 5 heteroatoms. The second kappa shape index (κ2) is 5.18. The van der Waals surface area contributed by atoms with Crippen molar-refractivity contribution in [2.45, 2.75) is 18.9 Å². The van der Waals surface area contributed by atoms with E-state index in [4.69, 9.17) is 5.73 Å². The Kier molecular flexibility index (Phi) is 3.80. The Labute approximate surface area is 116 Å². The summed E-state index contributed by atoms with van der Waals surface area (Å²) < 4.78 is 0.943. The van der Waals surface area contributed by atoms with E-state index in [9.17, 15) is 4.79 Å². The standard InChI is InChI=1S/C13H18BrN3O/c1-16(8-13(18)17(2)10-4-5-10)12-6-3-9(14)7-11(12)15/h3,6-7,10H,4-5,8,15H2,1-2H3. The van der Waals surface area contributed by atoms with E-state index >= 15 is 0 Å². The molecular weight excluding hydrogens is 294 g/mol. The van der Waals surface area contributed by atoms with Gasteiger partial charge in [0.1, 0.15) is 0 Å². The Bertz CT molecular complexity index is 460. The number of halogens is 1. The Morgan fingerprint density at radius 3 is 2.67 bits per heavy atom. The second-order valence-corrected chi connectivity index (χ2v) is 5.71. The zero-order chi connectivity index (χ0) is 13.3. The van der Waals surface area contributed by atoms with E-state index in [1.54, 1.807) is 0 Å². The van der Waals surface area contributed by atoms with E-state index in [-0.39, 0.29) is 5.91 Å². The van der Waals surface area contributed by atoms with Crippen LogP contribution >= 0.6 is 15.9 Å². The highest BCUT2D eigenvalue weighted by Gasteiger charge is 2.29. The minimum atomic E-state index is 0.141. The number of carbonyl (C=O) groups is 1. The predicted octanol–water partition coefficient (Wildman–Crippen LogP) is 2.09. The largest absolute Gasteiger partial charge is 0.397 e. The normalized spacial score (nSPS) is 14.4. The van der Waals surface area contributed by atoms with Crippen molar-refractivity contribution in [2.75, 3.05) is 31.3 Å². The maximum Gasteiger partial charge on any atom is 0.242 e. The third-order valence-corrected chi connectivity index (χ3v) is 3.75. The van der Waals surface area contributed by atoms with Crippen LogP contribution in [-0.2, 0) is 4.79 Å². The number of carbonyl (C=O) groups excluding carboxylic acids is 1. The molecule has 18 heavy (non-hydrogen) atoms. The van der Waals surface area contributed by atoms with Gasteiger partial charge in [-0.25, -0.2) is 0 Å². The summed E-state index contributed by atoms with van der Waals surface area (Å²) in [6.45, 7) is 0.360. The van der Waals surface area contributed by atoms with Gasteiger partial charge in [0.05, 0.1) is 17.9 Å². The van der Waals surface area contributed by atoms with Crippen molar-refractivity contribution >= 4 is 33.2 Å². The molecule has 1 aromatic carbocycles. The number of hydrogen-bond acceptors (Lipinski definition) is 3. The molecule has 1 aromatic rings. The van der Waals surface area contributed by atoms with Crippen molar-refractivity contribution in [3.05, 3.63) is 22.7 Å². The number of hydrogen-bond donors (Lipinski definition) is 1. The van der Waals surface area contributed by atoms with Gasteiger partial charge in [-0.3, -0.25) is 4.79 Å². The van der Waals surface area contributed by atoms with Gasteiger partial charge in [0, 0.05) is 24.6 Å². The summed E-state index contributed by atoms with van der Waals surface area (Å²) >= 11 is 3.37. The molecule has 4 nitrogen and oxygen atoms in total. The van der Waals surface area contributed by atoms with Gasteiger partial charge in [-0.1, -0.05) is 15.9 Å². The van der Waals surface area contributed by atoms with Gasteiger partial charge in [0.25, 0.3) is 0 Å². The van der Waals surface area contributed by atoms with Gasteiger partial charge in [0.2, 0.25) is 5.91 Å². The van der Waals surface area contributed by atoms with Crippen LogP contribution in [0.4, 0.5) is 11.4 Å². The molecule has 0 bridgehead atoms. The van der Waals surface area contributed by atoms with Crippen LogP contribution in [0.2, 0.25) is 0 Å². The molecule has 0 saturated heterocycles. The van der Waals surface area contributed by atoms with E-state index in [0.29, 0.717) is 18.3 Å². The number of anilines is 2. The van der Waals surface area contributed by atoms with Crippen LogP contribution in [0.5, 0.6) is 0 Å². The van der Waals surface area contributed by atoms with E-state index in [0.717, 1.165) is 23.0 Å². The van der Waals surface area contributed by atoms with E-state index in [1.165, 1.54) is 0 Å². The molecule has 1 fully saturated rings. The molecule has 2 N–H and O–H groups in total. The topological polar surface area (TPSA) is 49.6 Å². The Morgan fingerprint density at radius 2 is 2.11 bits per heavy atom. The molecule has 0 unspecified atom stereocenters. The quantitative estimate of drug-likeness (QED) is 0.866. The summed E-state index contributed by atoms with van der Waals surface area (Å²) in [6.07, 6.45) is 2.26. The zero-order valence-corrected chi connectivity index (χ0v) is 12.3. The van der Waals surface area contributed by atoms with Crippen molar-refractivity contribution in [1.82, 2.24) is 4.90 Å². The van der Waals surface area contributed by atoms with Gasteiger partial charge in [-0.05, 0) is 31.0 Å². The maximum absolute atomic E-state index is 12.0. The molecule has 98 valence electrons. The molecule has 2 rings (SSSR count). The van der Waals surface area contributed by atoms with Gasteiger partial charge >= 0.3 is 0 Å². The molecular formula is C13H18BrN3O. The van der Waals surface area contributed by atoms with Crippen molar-refractivity contribution in [2.24, 2.45) is 0 Å². The molecule has 1 saturated carbocycles. The summed E-state index contributed by atoms with van der Waals surface area (Å²) in [5.74, 6) is 0.141. The van der Waals surface area contributed by atoms with E-state index in [2.05, 4.69) is 15.9 Å². The highest BCUT2D eigenvalue weighted by Crippen LogP contribution is 2.27. The number of nitrogen functional groups attached to an aromatic ring is 1. The molecule has 0 atom stereocenters. The summed E-state index contributed by atoms with van der Waals surface area (Å²) in [7, 11) is 3.76. The molecule has 0 aliphatic heterocycles. The Hall–Kier alpha value is -1.23. The fraction of sp³-hybridized carbons (Fsp3) is 0.462. The Morgan fingerprint density at radius 1 is 1.44 bits per heavy atom. The predicted molar refractivity (Wildman–Crippen MR) is 77.6 cm³/mol. The van der Waals surface area contributed by atoms with Crippen molar-refractivity contribution in [1.29, 1.82) is 0 Å².